The summed E-state index contributed by atoms with van der Waals surface area (Å²) in [6.07, 6.45) is 3.25. The monoisotopic (exact) mass is 216 g/mol. The number of carbonyl (C=O) groups is 2. The predicted molar refractivity (Wildman–Crippen MR) is 56.7 cm³/mol. The van der Waals surface area contributed by atoms with Crippen molar-refractivity contribution in [2.24, 2.45) is 11.8 Å². The molecule has 4 nitrogen and oxygen atoms in total. The number of carboxylic acid groups (broad SMARTS) is 2. The van der Waals surface area contributed by atoms with Crippen molar-refractivity contribution < 1.29 is 19.8 Å². The second kappa shape index (κ2) is 7.26. The van der Waals surface area contributed by atoms with Gasteiger partial charge in [0.15, 0.2) is 0 Å². The van der Waals surface area contributed by atoms with E-state index in [-0.39, 0.29) is 18.3 Å². The minimum atomic E-state index is -0.783. The van der Waals surface area contributed by atoms with Crippen LogP contribution in [-0.2, 0) is 9.59 Å². The molecule has 0 aromatic carbocycles. The van der Waals surface area contributed by atoms with E-state index in [0.717, 1.165) is 19.3 Å². The van der Waals surface area contributed by atoms with Crippen LogP contribution in [0, 0.1) is 11.8 Å². The van der Waals surface area contributed by atoms with E-state index in [1.807, 2.05) is 6.92 Å². The summed E-state index contributed by atoms with van der Waals surface area (Å²) >= 11 is 0. The summed E-state index contributed by atoms with van der Waals surface area (Å²) in [6.45, 7) is 3.69. The van der Waals surface area contributed by atoms with Gasteiger partial charge in [-0.2, -0.15) is 0 Å². The fraction of sp³-hybridized carbons (Fsp3) is 0.818. The number of aliphatic carboxylic acids is 2. The highest BCUT2D eigenvalue weighted by atomic mass is 16.4. The maximum Gasteiger partial charge on any atom is 0.306 e. The van der Waals surface area contributed by atoms with Gasteiger partial charge in [0.2, 0.25) is 0 Å². The summed E-state index contributed by atoms with van der Waals surface area (Å²) < 4.78 is 0. The Morgan fingerprint density at radius 3 is 2.20 bits per heavy atom. The molecule has 0 aliphatic heterocycles. The maximum absolute atomic E-state index is 10.7. The molecular weight excluding hydrogens is 196 g/mol. The van der Waals surface area contributed by atoms with Crippen molar-refractivity contribution in [1.82, 2.24) is 0 Å². The van der Waals surface area contributed by atoms with Gasteiger partial charge in [-0.25, -0.2) is 0 Å². The zero-order valence-corrected chi connectivity index (χ0v) is 9.40. The first kappa shape index (κ1) is 13.9. The van der Waals surface area contributed by atoms with Crippen LogP contribution < -0.4 is 0 Å². The maximum atomic E-state index is 10.7. The van der Waals surface area contributed by atoms with Crippen LogP contribution in [0.15, 0.2) is 0 Å². The van der Waals surface area contributed by atoms with Gasteiger partial charge in [0.1, 0.15) is 0 Å². The van der Waals surface area contributed by atoms with Crippen LogP contribution in [0.1, 0.15) is 46.0 Å². The van der Waals surface area contributed by atoms with Gasteiger partial charge in [0.25, 0.3) is 0 Å². The van der Waals surface area contributed by atoms with Gasteiger partial charge in [-0.15, -0.1) is 0 Å². The van der Waals surface area contributed by atoms with E-state index in [1.165, 1.54) is 0 Å². The smallest absolute Gasteiger partial charge is 0.306 e. The fourth-order valence-corrected chi connectivity index (χ4v) is 1.69. The SMILES string of the molecule is CCC(CCCCC(=O)O)C(C)C(=O)O. The quantitative estimate of drug-likeness (QED) is 0.611. The zero-order valence-electron chi connectivity index (χ0n) is 9.40. The van der Waals surface area contributed by atoms with Gasteiger partial charge in [-0.3, -0.25) is 9.59 Å². The molecule has 0 rings (SSSR count). The first-order chi connectivity index (χ1) is 6.99. The van der Waals surface area contributed by atoms with Gasteiger partial charge in [-0.1, -0.05) is 26.7 Å². The molecule has 0 radical (unpaired) electrons. The van der Waals surface area contributed by atoms with Crippen LogP contribution in [0.25, 0.3) is 0 Å². The second-order valence-electron chi connectivity index (χ2n) is 3.93. The van der Waals surface area contributed by atoms with Gasteiger partial charge in [-0.05, 0) is 18.8 Å². The van der Waals surface area contributed by atoms with E-state index < -0.39 is 11.9 Å². The Hall–Kier alpha value is -1.06. The second-order valence-corrected chi connectivity index (χ2v) is 3.93. The molecule has 4 heteroatoms. The minimum Gasteiger partial charge on any atom is -0.481 e. The molecule has 0 heterocycles. The normalized spacial score (nSPS) is 14.5. The summed E-state index contributed by atoms with van der Waals surface area (Å²) in [4.78, 5) is 21.0. The Bertz CT molecular complexity index is 213. The van der Waals surface area contributed by atoms with Crippen molar-refractivity contribution in [1.29, 1.82) is 0 Å². The van der Waals surface area contributed by atoms with Crippen LogP contribution in [0.5, 0.6) is 0 Å². The van der Waals surface area contributed by atoms with Crippen LogP contribution in [-0.4, -0.2) is 22.2 Å². The molecular formula is C11H20O4. The van der Waals surface area contributed by atoms with Gasteiger partial charge in [0, 0.05) is 6.42 Å². The lowest BCUT2D eigenvalue weighted by atomic mass is 9.87. The van der Waals surface area contributed by atoms with Crippen molar-refractivity contribution in [3.8, 4) is 0 Å². The molecule has 0 bridgehead atoms. The summed E-state index contributed by atoms with van der Waals surface area (Å²) in [5.41, 5.74) is 0. The highest BCUT2D eigenvalue weighted by Gasteiger charge is 2.21. The standard InChI is InChI=1S/C11H20O4/c1-3-9(8(2)11(14)15)6-4-5-7-10(12)13/h8-9H,3-7H2,1-2H3,(H,12,13)(H,14,15). The van der Waals surface area contributed by atoms with Crippen LogP contribution >= 0.6 is 0 Å². The summed E-state index contributed by atoms with van der Waals surface area (Å²) in [5, 5.41) is 17.3. The van der Waals surface area contributed by atoms with E-state index in [1.54, 1.807) is 6.92 Å². The Balaban J connectivity index is 3.80. The molecule has 2 N–H and O–H groups in total. The van der Waals surface area contributed by atoms with Gasteiger partial charge < -0.3 is 10.2 Å². The van der Waals surface area contributed by atoms with E-state index in [2.05, 4.69) is 0 Å². The predicted octanol–water partition coefficient (Wildman–Crippen LogP) is 2.38. The Kier molecular flexibility index (Phi) is 6.75. The highest BCUT2D eigenvalue weighted by molar-refractivity contribution is 5.69. The molecule has 0 aliphatic carbocycles. The van der Waals surface area contributed by atoms with Crippen molar-refractivity contribution >= 4 is 11.9 Å². The van der Waals surface area contributed by atoms with E-state index in [9.17, 15) is 9.59 Å². The number of unbranched alkanes of at least 4 members (excludes halogenated alkanes) is 1. The molecule has 2 atom stereocenters. The summed E-state index contributed by atoms with van der Waals surface area (Å²) in [7, 11) is 0. The lowest BCUT2D eigenvalue weighted by molar-refractivity contribution is -0.143. The topological polar surface area (TPSA) is 74.6 Å². The molecule has 0 aliphatic rings. The summed E-state index contributed by atoms with van der Waals surface area (Å²) in [5.74, 6) is -1.72. The van der Waals surface area contributed by atoms with Gasteiger partial charge in [0.05, 0.1) is 5.92 Å². The first-order valence-electron chi connectivity index (χ1n) is 5.43. The largest absolute Gasteiger partial charge is 0.481 e. The lowest BCUT2D eigenvalue weighted by Gasteiger charge is -2.18. The van der Waals surface area contributed by atoms with Crippen molar-refractivity contribution in [3.05, 3.63) is 0 Å². The molecule has 0 aromatic heterocycles. The first-order valence-corrected chi connectivity index (χ1v) is 5.43. The Morgan fingerprint density at radius 2 is 1.80 bits per heavy atom. The Morgan fingerprint density at radius 1 is 1.20 bits per heavy atom. The Labute approximate surface area is 90.3 Å². The number of hydrogen-bond acceptors (Lipinski definition) is 2. The molecule has 15 heavy (non-hydrogen) atoms. The molecule has 0 amide bonds. The third-order valence-electron chi connectivity index (χ3n) is 2.84. The van der Waals surface area contributed by atoms with Gasteiger partial charge >= 0.3 is 11.9 Å². The third-order valence-corrected chi connectivity index (χ3v) is 2.84. The lowest BCUT2D eigenvalue weighted by Crippen LogP contribution is -2.20. The third kappa shape index (κ3) is 6.10. The molecule has 0 aromatic rings. The van der Waals surface area contributed by atoms with E-state index in [0.29, 0.717) is 6.42 Å². The minimum absolute atomic E-state index is 0.163. The number of rotatable bonds is 8. The van der Waals surface area contributed by atoms with Crippen molar-refractivity contribution in [2.45, 2.75) is 46.0 Å². The van der Waals surface area contributed by atoms with Crippen LogP contribution in [0.3, 0.4) is 0 Å². The van der Waals surface area contributed by atoms with Crippen molar-refractivity contribution in [3.63, 3.8) is 0 Å². The average Bonchev–Trinajstić information content (AvgIpc) is 2.16. The van der Waals surface area contributed by atoms with E-state index >= 15 is 0 Å². The molecule has 0 fully saturated rings. The van der Waals surface area contributed by atoms with E-state index in [4.69, 9.17) is 10.2 Å². The molecule has 88 valence electrons. The zero-order chi connectivity index (χ0) is 11.8. The highest BCUT2D eigenvalue weighted by Crippen LogP contribution is 2.22. The molecule has 0 spiro atoms. The number of hydrogen-bond donors (Lipinski definition) is 2. The van der Waals surface area contributed by atoms with Crippen molar-refractivity contribution in [2.75, 3.05) is 0 Å². The molecule has 2 unspecified atom stereocenters. The summed E-state index contributed by atoms with van der Waals surface area (Å²) in [6, 6.07) is 0. The van der Waals surface area contributed by atoms with Crippen LogP contribution in [0.2, 0.25) is 0 Å². The fourth-order valence-electron chi connectivity index (χ4n) is 1.69. The van der Waals surface area contributed by atoms with Crippen LogP contribution in [0.4, 0.5) is 0 Å². The number of carboxylic acids is 2. The molecule has 0 saturated carbocycles. The average molecular weight is 216 g/mol. The molecule has 0 saturated heterocycles.